The number of hydrogen-bond acceptors (Lipinski definition) is 6. The molecule has 0 fully saturated rings. The van der Waals surface area contributed by atoms with Crippen LogP contribution in [-0.2, 0) is 16.9 Å². The molecular weight excluding hydrogens is 466 g/mol. The molecule has 0 bridgehead atoms. The molecule has 0 aliphatic carbocycles. The van der Waals surface area contributed by atoms with E-state index in [1.807, 2.05) is 6.07 Å². The van der Waals surface area contributed by atoms with Gasteiger partial charge in [-0.15, -0.1) is 0 Å². The van der Waals surface area contributed by atoms with Crippen molar-refractivity contribution < 1.29 is 28.6 Å². The number of aliphatic hydroxyl groups is 1. The summed E-state index contributed by atoms with van der Waals surface area (Å²) in [5.74, 6) is 0.168. The van der Waals surface area contributed by atoms with E-state index in [0.29, 0.717) is 27.2 Å². The molecule has 1 N–H and O–H groups in total. The van der Waals surface area contributed by atoms with Crippen molar-refractivity contribution in [2.24, 2.45) is 0 Å². The molecule has 3 aromatic rings. The number of nitrogens with zero attached hydrogens (tertiary/aromatic N) is 1. The molecule has 2 aromatic carbocycles. The lowest BCUT2D eigenvalue weighted by atomic mass is 9.89. The Kier molecular flexibility index (Phi) is 5.60. The molecule has 1 aliphatic rings. The minimum Gasteiger partial charge on any atom is -0.493 e. The SMILES string of the molecule is COc1ccc(CN2C(=O)[C@](O)(CC(=O)c3ccco3)c3cc(Br)ccc32)cc1OC. The average Bonchev–Trinajstić information content (AvgIpc) is 3.37. The first-order valence-electron chi connectivity index (χ1n) is 9.49. The lowest BCUT2D eigenvalue weighted by Gasteiger charge is -2.22. The number of amides is 1. The summed E-state index contributed by atoms with van der Waals surface area (Å²) in [4.78, 5) is 27.5. The van der Waals surface area contributed by atoms with E-state index in [-0.39, 0.29) is 12.3 Å². The summed E-state index contributed by atoms with van der Waals surface area (Å²) >= 11 is 3.39. The fourth-order valence-corrected chi connectivity index (χ4v) is 4.13. The Morgan fingerprint density at radius 1 is 1.13 bits per heavy atom. The predicted molar refractivity (Wildman–Crippen MR) is 116 cm³/mol. The van der Waals surface area contributed by atoms with Crippen molar-refractivity contribution in [3.8, 4) is 11.5 Å². The predicted octanol–water partition coefficient (Wildman–Crippen LogP) is 4.07. The van der Waals surface area contributed by atoms with Gasteiger partial charge in [-0.05, 0) is 48.0 Å². The number of ketones is 1. The number of furan rings is 1. The fraction of sp³-hybridized carbons (Fsp3) is 0.217. The molecule has 1 atom stereocenters. The third-order valence-corrected chi connectivity index (χ3v) is 5.79. The topological polar surface area (TPSA) is 89.2 Å². The van der Waals surface area contributed by atoms with Crippen LogP contribution in [0, 0.1) is 0 Å². The van der Waals surface area contributed by atoms with Crippen LogP contribution in [0.3, 0.4) is 0 Å². The molecule has 0 saturated carbocycles. The van der Waals surface area contributed by atoms with Gasteiger partial charge >= 0.3 is 0 Å². The summed E-state index contributed by atoms with van der Waals surface area (Å²) in [6, 6.07) is 13.6. The smallest absolute Gasteiger partial charge is 0.264 e. The van der Waals surface area contributed by atoms with Gasteiger partial charge in [-0.1, -0.05) is 22.0 Å². The van der Waals surface area contributed by atoms with Crippen LogP contribution in [0.5, 0.6) is 11.5 Å². The van der Waals surface area contributed by atoms with Crippen LogP contribution < -0.4 is 14.4 Å². The van der Waals surface area contributed by atoms with Gasteiger partial charge in [-0.3, -0.25) is 9.59 Å². The average molecular weight is 486 g/mol. The number of carbonyl (C=O) groups is 2. The first-order chi connectivity index (χ1) is 14.9. The molecule has 0 unspecified atom stereocenters. The zero-order valence-corrected chi connectivity index (χ0v) is 18.5. The van der Waals surface area contributed by atoms with Crippen LogP contribution >= 0.6 is 15.9 Å². The maximum atomic E-state index is 13.4. The van der Waals surface area contributed by atoms with Gasteiger partial charge in [0.25, 0.3) is 5.91 Å². The second kappa shape index (κ2) is 8.20. The van der Waals surface area contributed by atoms with Gasteiger partial charge in [-0.25, -0.2) is 0 Å². The van der Waals surface area contributed by atoms with Gasteiger partial charge in [0.15, 0.2) is 22.9 Å². The number of Topliss-reactive ketones (excluding diaryl/α,β-unsaturated/α-hetero) is 1. The molecule has 0 saturated heterocycles. The Labute approximate surface area is 187 Å². The van der Waals surface area contributed by atoms with Gasteiger partial charge in [0, 0.05) is 10.0 Å². The third kappa shape index (κ3) is 3.73. The minimum absolute atomic E-state index is 0.0936. The number of benzene rings is 2. The van der Waals surface area contributed by atoms with Gasteiger partial charge in [-0.2, -0.15) is 0 Å². The van der Waals surface area contributed by atoms with Crippen LogP contribution in [0.15, 0.2) is 63.7 Å². The summed E-state index contributed by atoms with van der Waals surface area (Å²) in [7, 11) is 3.08. The first-order valence-corrected chi connectivity index (χ1v) is 10.3. The van der Waals surface area contributed by atoms with Crippen molar-refractivity contribution in [1.29, 1.82) is 0 Å². The Morgan fingerprint density at radius 3 is 2.58 bits per heavy atom. The fourth-order valence-electron chi connectivity index (χ4n) is 3.77. The van der Waals surface area contributed by atoms with E-state index in [1.165, 1.54) is 24.3 Å². The monoisotopic (exact) mass is 485 g/mol. The van der Waals surface area contributed by atoms with Crippen molar-refractivity contribution >= 4 is 33.3 Å². The molecule has 4 rings (SSSR count). The zero-order chi connectivity index (χ0) is 22.2. The lowest BCUT2D eigenvalue weighted by molar-refractivity contribution is -0.136. The summed E-state index contributed by atoms with van der Waals surface area (Å²) in [5.41, 5.74) is -0.314. The van der Waals surface area contributed by atoms with Crippen LogP contribution in [0.25, 0.3) is 0 Å². The molecule has 1 aromatic heterocycles. The van der Waals surface area contributed by atoms with Gasteiger partial charge in [0.05, 0.1) is 39.1 Å². The number of carbonyl (C=O) groups excluding carboxylic acids is 2. The molecule has 0 spiro atoms. The maximum Gasteiger partial charge on any atom is 0.264 e. The third-order valence-electron chi connectivity index (χ3n) is 5.29. The molecule has 7 nitrogen and oxygen atoms in total. The Hall–Kier alpha value is -3.10. The normalized spacial score (nSPS) is 17.5. The van der Waals surface area contributed by atoms with E-state index in [0.717, 1.165) is 5.56 Å². The number of fused-ring (bicyclic) bond motifs is 1. The number of methoxy groups -OCH3 is 2. The molecule has 0 radical (unpaired) electrons. The van der Waals surface area contributed by atoms with Crippen molar-refractivity contribution in [1.82, 2.24) is 0 Å². The highest BCUT2D eigenvalue weighted by atomic mass is 79.9. The molecule has 1 amide bonds. The summed E-state index contributed by atoms with van der Waals surface area (Å²) in [5, 5.41) is 11.4. The van der Waals surface area contributed by atoms with Crippen LogP contribution in [0.1, 0.15) is 28.1 Å². The van der Waals surface area contributed by atoms with Gasteiger partial charge in [0.1, 0.15) is 0 Å². The van der Waals surface area contributed by atoms with E-state index >= 15 is 0 Å². The van der Waals surface area contributed by atoms with E-state index in [9.17, 15) is 14.7 Å². The molecule has 1 aliphatic heterocycles. The highest BCUT2D eigenvalue weighted by Crippen LogP contribution is 2.45. The minimum atomic E-state index is -2.00. The van der Waals surface area contributed by atoms with Crippen LogP contribution in [0.4, 0.5) is 5.69 Å². The van der Waals surface area contributed by atoms with Gasteiger partial charge < -0.3 is 23.9 Å². The number of anilines is 1. The van der Waals surface area contributed by atoms with Crippen molar-refractivity contribution in [2.45, 2.75) is 18.6 Å². The molecule has 8 heteroatoms. The lowest BCUT2D eigenvalue weighted by Crippen LogP contribution is -2.41. The van der Waals surface area contributed by atoms with Crippen LogP contribution in [-0.4, -0.2) is 31.0 Å². The Bertz CT molecular complexity index is 1140. The number of rotatable bonds is 7. The molecule has 31 heavy (non-hydrogen) atoms. The molecule has 160 valence electrons. The quantitative estimate of drug-likeness (QED) is 0.507. The second-order valence-corrected chi connectivity index (χ2v) is 8.10. The standard InChI is InChI=1S/C23H20BrNO6/c1-29-20-8-5-14(10-21(20)30-2)13-25-17-7-6-15(24)11-16(17)23(28,22(25)27)12-18(26)19-4-3-9-31-19/h3-11,28H,12-13H2,1-2H3/t23-/m0/s1. The van der Waals surface area contributed by atoms with Crippen molar-refractivity contribution in [3.05, 3.63) is 76.2 Å². The van der Waals surface area contributed by atoms with Gasteiger partial charge in [0.2, 0.25) is 5.78 Å². The first kappa shape index (κ1) is 21.1. The number of halogens is 1. The van der Waals surface area contributed by atoms with E-state index in [1.54, 1.807) is 43.5 Å². The van der Waals surface area contributed by atoms with E-state index in [2.05, 4.69) is 15.9 Å². The molecular formula is C23H20BrNO6. The summed E-state index contributed by atoms with van der Waals surface area (Å²) in [6.45, 7) is 0.186. The summed E-state index contributed by atoms with van der Waals surface area (Å²) in [6.07, 6.45) is 0.951. The Morgan fingerprint density at radius 2 is 1.90 bits per heavy atom. The maximum absolute atomic E-state index is 13.4. The highest BCUT2D eigenvalue weighted by molar-refractivity contribution is 9.10. The van der Waals surface area contributed by atoms with E-state index in [4.69, 9.17) is 13.9 Å². The zero-order valence-electron chi connectivity index (χ0n) is 16.9. The highest BCUT2D eigenvalue weighted by Gasteiger charge is 2.51. The van der Waals surface area contributed by atoms with Crippen LogP contribution in [0.2, 0.25) is 0 Å². The summed E-state index contributed by atoms with van der Waals surface area (Å²) < 4.78 is 16.5. The number of ether oxygens (including phenoxy) is 2. The Balaban J connectivity index is 1.70. The van der Waals surface area contributed by atoms with Crippen molar-refractivity contribution in [3.63, 3.8) is 0 Å². The number of hydrogen-bond donors (Lipinski definition) is 1. The van der Waals surface area contributed by atoms with Crippen molar-refractivity contribution in [2.75, 3.05) is 19.1 Å². The second-order valence-electron chi connectivity index (χ2n) is 7.18. The largest absolute Gasteiger partial charge is 0.493 e. The molecule has 2 heterocycles. The van der Waals surface area contributed by atoms with E-state index < -0.39 is 23.7 Å².